The van der Waals surface area contributed by atoms with E-state index in [1.54, 1.807) is 24.3 Å². The first-order valence-corrected chi connectivity index (χ1v) is 16.0. The molecule has 1 aliphatic rings. The molecule has 0 aromatic heterocycles. The molecule has 3 aromatic rings. The van der Waals surface area contributed by atoms with Crippen LogP contribution in [0.25, 0.3) is 11.1 Å². The lowest BCUT2D eigenvalue weighted by atomic mass is 9.88. The Bertz CT molecular complexity index is 1570. The van der Waals surface area contributed by atoms with Crippen molar-refractivity contribution in [3.05, 3.63) is 89.0 Å². The quantitative estimate of drug-likeness (QED) is 0.228. The summed E-state index contributed by atoms with van der Waals surface area (Å²) in [6.45, 7) is 3.70. The number of benzene rings is 3. The molecule has 1 atom stereocenters. The third kappa shape index (κ3) is 8.47. The number of carbonyl (C=O) groups is 1. The van der Waals surface area contributed by atoms with Crippen LogP contribution in [0.1, 0.15) is 48.9 Å². The summed E-state index contributed by atoms with van der Waals surface area (Å²) < 4.78 is 70.0. The van der Waals surface area contributed by atoms with Crippen LogP contribution in [0.4, 0.5) is 13.2 Å². The van der Waals surface area contributed by atoms with Gasteiger partial charge in [0, 0.05) is 32.1 Å². The van der Waals surface area contributed by atoms with Crippen molar-refractivity contribution < 1.29 is 36.6 Å². The van der Waals surface area contributed by atoms with Crippen LogP contribution in [-0.2, 0) is 40.3 Å². The molecule has 0 spiro atoms. The van der Waals surface area contributed by atoms with Crippen molar-refractivity contribution in [3.63, 3.8) is 0 Å². The second-order valence-corrected chi connectivity index (χ2v) is 14.3. The molecule has 3 N–H and O–H groups in total. The zero-order valence-corrected chi connectivity index (χ0v) is 25.9. The normalized spacial score (nSPS) is 15.0. The summed E-state index contributed by atoms with van der Waals surface area (Å²) in [7, 11) is -3.46. The molecule has 4 rings (SSSR count). The molecule has 1 aliphatic carbocycles. The van der Waals surface area contributed by atoms with Gasteiger partial charge in [-0.15, -0.1) is 0 Å². The van der Waals surface area contributed by atoms with E-state index in [1.807, 2.05) is 26.0 Å². The number of hydrogen-bond acceptors (Lipinski definition) is 5. The molecule has 0 bridgehead atoms. The van der Waals surface area contributed by atoms with Gasteiger partial charge >= 0.3 is 12.1 Å². The Labute approximate surface area is 256 Å². The molecule has 0 aliphatic heterocycles. The summed E-state index contributed by atoms with van der Waals surface area (Å²) >= 11 is 0. The maximum Gasteiger partial charge on any atom is 0.417 e. The number of aryl methyl sites for hydroxylation is 1. The Morgan fingerprint density at radius 2 is 1.64 bits per heavy atom. The van der Waals surface area contributed by atoms with Gasteiger partial charge in [0.15, 0.2) is 0 Å². The fourth-order valence-corrected chi connectivity index (χ4v) is 7.32. The van der Waals surface area contributed by atoms with Crippen molar-refractivity contribution in [1.82, 2.24) is 9.62 Å². The van der Waals surface area contributed by atoms with Gasteiger partial charge in [0.1, 0.15) is 0 Å². The lowest BCUT2D eigenvalue weighted by Gasteiger charge is -2.31. The fraction of sp³-hybridized carbons (Fsp3) is 0.424. The highest BCUT2D eigenvalue weighted by Gasteiger charge is 2.39. The first-order chi connectivity index (χ1) is 20.5. The summed E-state index contributed by atoms with van der Waals surface area (Å²) in [5, 5.41) is 22.9. The van der Waals surface area contributed by atoms with Crippen LogP contribution in [0.2, 0.25) is 0 Å². The Morgan fingerprint density at radius 1 is 1.00 bits per heavy atom. The lowest BCUT2D eigenvalue weighted by molar-refractivity contribution is -0.140. The number of fused-ring (bicyclic) bond motifs is 1. The van der Waals surface area contributed by atoms with Crippen LogP contribution >= 0.6 is 0 Å². The van der Waals surface area contributed by atoms with Crippen molar-refractivity contribution in [3.8, 4) is 11.1 Å². The molecule has 0 heterocycles. The van der Waals surface area contributed by atoms with Gasteiger partial charge in [0.05, 0.1) is 16.6 Å². The first kappa shape index (κ1) is 33.6. The van der Waals surface area contributed by atoms with Gasteiger partial charge in [-0.1, -0.05) is 54.6 Å². The lowest BCUT2D eigenvalue weighted by Crippen LogP contribution is -2.47. The number of aliphatic hydroxyl groups is 1. The molecule has 0 saturated heterocycles. The van der Waals surface area contributed by atoms with Crippen molar-refractivity contribution in [2.45, 2.75) is 68.7 Å². The van der Waals surface area contributed by atoms with E-state index in [0.29, 0.717) is 17.0 Å². The van der Waals surface area contributed by atoms with Crippen LogP contribution < -0.4 is 5.32 Å². The third-order valence-corrected chi connectivity index (χ3v) is 9.96. The number of aliphatic carboxylic acids is 1. The van der Waals surface area contributed by atoms with E-state index >= 15 is 0 Å². The molecule has 3 aromatic carbocycles. The standard InChI is InChI=1S/C33H39F3N2O5S/c1-32(2,19-23-16-24-8-4-5-9-25(24)17-23)37-20-28(39)21-38(3)44(42,43)30-13-12-27(18-29(30)33(34,35)36)26-10-6-7-22(15-26)11-14-31(40)41/h4-10,12-13,15,18,23,28,37,39H,11,14,16-17,19-21H2,1-3H3,(H,40,41)/t28-/m1/s1. The highest BCUT2D eigenvalue weighted by atomic mass is 32.2. The van der Waals surface area contributed by atoms with Gasteiger partial charge in [-0.05, 0) is 85.4 Å². The predicted octanol–water partition coefficient (Wildman–Crippen LogP) is 5.54. The predicted molar refractivity (Wildman–Crippen MR) is 163 cm³/mol. The number of nitrogens with zero attached hydrogens (tertiary/aromatic N) is 1. The maximum atomic E-state index is 14.2. The number of halogens is 3. The van der Waals surface area contributed by atoms with Crippen LogP contribution in [0, 0.1) is 5.92 Å². The van der Waals surface area contributed by atoms with Crippen LogP contribution in [0.5, 0.6) is 0 Å². The Hall–Kier alpha value is -3.25. The summed E-state index contributed by atoms with van der Waals surface area (Å²) in [6, 6.07) is 17.8. The van der Waals surface area contributed by atoms with E-state index in [-0.39, 0.29) is 30.5 Å². The number of carboxylic acid groups (broad SMARTS) is 1. The van der Waals surface area contributed by atoms with Crippen molar-refractivity contribution in [2.24, 2.45) is 5.92 Å². The minimum atomic E-state index is -4.97. The number of carboxylic acids is 1. The van der Waals surface area contributed by atoms with Crippen LogP contribution in [0.15, 0.2) is 71.6 Å². The van der Waals surface area contributed by atoms with E-state index in [1.165, 1.54) is 17.2 Å². The van der Waals surface area contributed by atoms with Crippen molar-refractivity contribution in [1.29, 1.82) is 0 Å². The summed E-state index contributed by atoms with van der Waals surface area (Å²) in [4.78, 5) is 10.0. The van der Waals surface area contributed by atoms with Gasteiger partial charge in [-0.2, -0.15) is 17.5 Å². The van der Waals surface area contributed by atoms with Crippen LogP contribution in [-0.4, -0.2) is 60.7 Å². The Morgan fingerprint density at radius 3 is 2.25 bits per heavy atom. The van der Waals surface area contributed by atoms with Gasteiger partial charge in [-0.25, -0.2) is 8.42 Å². The molecule has 0 fully saturated rings. The van der Waals surface area contributed by atoms with E-state index in [9.17, 15) is 31.5 Å². The number of aliphatic hydroxyl groups excluding tert-OH is 1. The largest absolute Gasteiger partial charge is 0.481 e. The molecule has 44 heavy (non-hydrogen) atoms. The van der Waals surface area contributed by atoms with Crippen molar-refractivity contribution >= 4 is 16.0 Å². The van der Waals surface area contributed by atoms with E-state index in [2.05, 4.69) is 17.4 Å². The monoisotopic (exact) mass is 632 g/mol. The van der Waals surface area contributed by atoms with E-state index < -0.39 is 45.3 Å². The molecule has 0 amide bonds. The molecular formula is C33H39F3N2O5S. The number of hydrogen-bond donors (Lipinski definition) is 3. The number of sulfonamides is 1. The molecule has 0 unspecified atom stereocenters. The first-order valence-electron chi connectivity index (χ1n) is 14.5. The maximum absolute atomic E-state index is 14.2. The van der Waals surface area contributed by atoms with Gasteiger partial charge in [-0.3, -0.25) is 4.79 Å². The highest BCUT2D eigenvalue weighted by molar-refractivity contribution is 7.89. The number of nitrogens with one attached hydrogen (secondary N) is 1. The second-order valence-electron chi connectivity index (χ2n) is 12.3. The summed E-state index contributed by atoms with van der Waals surface area (Å²) in [6.07, 6.45) is -3.26. The molecule has 0 radical (unpaired) electrons. The highest BCUT2D eigenvalue weighted by Crippen LogP contribution is 2.38. The van der Waals surface area contributed by atoms with Crippen LogP contribution in [0.3, 0.4) is 0 Å². The van der Waals surface area contributed by atoms with E-state index in [0.717, 1.165) is 42.7 Å². The topological polar surface area (TPSA) is 107 Å². The van der Waals surface area contributed by atoms with Gasteiger partial charge in [0.2, 0.25) is 10.0 Å². The molecule has 238 valence electrons. The number of likely N-dealkylation sites (N-methyl/N-ethyl adjacent to an activating group) is 1. The fourth-order valence-electron chi connectivity index (χ4n) is 5.92. The minimum absolute atomic E-state index is 0.0653. The zero-order chi connectivity index (χ0) is 32.3. The zero-order valence-electron chi connectivity index (χ0n) is 25.1. The minimum Gasteiger partial charge on any atom is -0.481 e. The number of alkyl halides is 3. The second kappa shape index (κ2) is 13.4. The number of rotatable bonds is 13. The average Bonchev–Trinajstić information content (AvgIpc) is 3.36. The average molecular weight is 633 g/mol. The molecule has 11 heteroatoms. The smallest absolute Gasteiger partial charge is 0.417 e. The Kier molecular flexibility index (Phi) is 10.2. The SMILES string of the molecule is CN(C[C@H](O)CNC(C)(C)CC1Cc2ccccc2C1)S(=O)(=O)c1ccc(-c2cccc(CCC(=O)O)c2)cc1C(F)(F)F. The van der Waals surface area contributed by atoms with Gasteiger partial charge < -0.3 is 15.5 Å². The third-order valence-electron chi connectivity index (χ3n) is 8.08. The van der Waals surface area contributed by atoms with Crippen molar-refractivity contribution in [2.75, 3.05) is 20.1 Å². The summed E-state index contributed by atoms with van der Waals surface area (Å²) in [5.74, 6) is -0.556. The van der Waals surface area contributed by atoms with E-state index in [4.69, 9.17) is 5.11 Å². The molecule has 0 saturated carbocycles. The summed E-state index contributed by atoms with van der Waals surface area (Å²) in [5.41, 5.74) is 2.20. The molecular weight excluding hydrogens is 593 g/mol. The number of β-amino-alcohol motifs (C(OH)–C–C–N with tert-alkyl or cyclic N) is 1. The van der Waals surface area contributed by atoms with Gasteiger partial charge in [0.25, 0.3) is 0 Å². The Balaban J connectivity index is 1.43. The molecule has 7 nitrogen and oxygen atoms in total.